The van der Waals surface area contributed by atoms with Crippen molar-refractivity contribution >= 4 is 11.6 Å². The van der Waals surface area contributed by atoms with Crippen LogP contribution in [0.2, 0.25) is 0 Å². The molecule has 2 aromatic heterocycles. The van der Waals surface area contributed by atoms with Gasteiger partial charge in [0.25, 0.3) is 0 Å². The normalized spacial score (nSPS) is 10.5. The molecule has 0 aliphatic rings. The van der Waals surface area contributed by atoms with Gasteiger partial charge in [0.2, 0.25) is 0 Å². The number of carboxylic acid groups (broad SMARTS) is 1. The summed E-state index contributed by atoms with van der Waals surface area (Å²) in [5.74, 6) is -1.06. The Morgan fingerprint density at radius 2 is 2.31 bits per heavy atom. The molecule has 0 spiro atoms. The minimum Gasteiger partial charge on any atom is -0.476 e. The molecule has 0 aliphatic carbocycles. The van der Waals surface area contributed by atoms with E-state index >= 15 is 0 Å². The Morgan fingerprint density at radius 3 is 3.00 bits per heavy atom. The van der Waals surface area contributed by atoms with Crippen molar-refractivity contribution in [3.8, 4) is 0 Å². The van der Waals surface area contributed by atoms with E-state index in [4.69, 9.17) is 5.11 Å². The van der Waals surface area contributed by atoms with Crippen molar-refractivity contribution in [1.82, 2.24) is 14.4 Å². The molecule has 0 radical (unpaired) electrons. The number of aryl methyl sites for hydroxylation is 1. The zero-order valence-corrected chi connectivity index (χ0v) is 6.93. The van der Waals surface area contributed by atoms with E-state index in [2.05, 4.69) is 9.97 Å². The van der Waals surface area contributed by atoms with Crippen LogP contribution in [0.25, 0.3) is 5.65 Å². The second kappa shape index (κ2) is 2.55. The highest BCUT2D eigenvalue weighted by Gasteiger charge is 2.12. The largest absolute Gasteiger partial charge is 0.476 e. The van der Waals surface area contributed by atoms with Gasteiger partial charge in [0, 0.05) is 24.3 Å². The summed E-state index contributed by atoms with van der Waals surface area (Å²) in [5, 5.41) is 8.78. The van der Waals surface area contributed by atoms with Crippen molar-refractivity contribution in [2.75, 3.05) is 0 Å². The second-order valence-electron chi connectivity index (χ2n) is 2.67. The fraction of sp³-hybridized carbons (Fsp3) is 0.125. The van der Waals surface area contributed by atoms with Crippen LogP contribution in [0.1, 0.15) is 16.2 Å². The number of hydrogen-bond donors (Lipinski definition) is 1. The van der Waals surface area contributed by atoms with Crippen LogP contribution in [-0.2, 0) is 0 Å². The van der Waals surface area contributed by atoms with E-state index in [0.29, 0.717) is 5.65 Å². The Balaban J connectivity index is 2.86. The van der Waals surface area contributed by atoms with Gasteiger partial charge in [-0.1, -0.05) is 0 Å². The quantitative estimate of drug-likeness (QED) is 0.697. The van der Waals surface area contributed by atoms with Crippen LogP contribution in [0.4, 0.5) is 0 Å². The summed E-state index contributed by atoms with van der Waals surface area (Å²) in [5.41, 5.74) is 1.22. The summed E-state index contributed by atoms with van der Waals surface area (Å²) in [6, 6.07) is 0. The SMILES string of the molecule is Cc1cnc(C(=O)O)c2nccn12. The number of fused-ring (bicyclic) bond motifs is 1. The first-order valence-corrected chi connectivity index (χ1v) is 3.72. The van der Waals surface area contributed by atoms with Crippen molar-refractivity contribution < 1.29 is 9.90 Å². The van der Waals surface area contributed by atoms with Crippen LogP contribution >= 0.6 is 0 Å². The number of carboxylic acids is 1. The highest BCUT2D eigenvalue weighted by atomic mass is 16.4. The average Bonchev–Trinajstić information content (AvgIpc) is 2.53. The van der Waals surface area contributed by atoms with E-state index in [0.717, 1.165) is 5.69 Å². The molecule has 1 N–H and O–H groups in total. The van der Waals surface area contributed by atoms with Crippen LogP contribution in [0.5, 0.6) is 0 Å². The fourth-order valence-electron chi connectivity index (χ4n) is 1.19. The van der Waals surface area contributed by atoms with E-state index in [1.54, 1.807) is 16.8 Å². The lowest BCUT2D eigenvalue weighted by Crippen LogP contribution is -2.05. The highest BCUT2D eigenvalue weighted by Crippen LogP contribution is 2.08. The molecule has 0 bridgehead atoms. The number of rotatable bonds is 1. The van der Waals surface area contributed by atoms with Gasteiger partial charge >= 0.3 is 5.97 Å². The van der Waals surface area contributed by atoms with Crippen molar-refractivity contribution in [3.63, 3.8) is 0 Å². The monoisotopic (exact) mass is 177 g/mol. The van der Waals surface area contributed by atoms with Gasteiger partial charge in [-0.05, 0) is 6.92 Å². The smallest absolute Gasteiger partial charge is 0.358 e. The molecule has 2 rings (SSSR count). The number of nitrogens with zero attached hydrogens (tertiary/aromatic N) is 3. The summed E-state index contributed by atoms with van der Waals surface area (Å²) >= 11 is 0. The van der Waals surface area contributed by atoms with E-state index in [1.165, 1.54) is 6.20 Å². The van der Waals surface area contributed by atoms with Crippen molar-refractivity contribution in [1.29, 1.82) is 0 Å². The first-order valence-electron chi connectivity index (χ1n) is 3.72. The van der Waals surface area contributed by atoms with Crippen LogP contribution in [0, 0.1) is 6.92 Å². The zero-order chi connectivity index (χ0) is 9.42. The van der Waals surface area contributed by atoms with Gasteiger partial charge in [-0.25, -0.2) is 14.8 Å². The van der Waals surface area contributed by atoms with Crippen molar-refractivity contribution in [3.05, 3.63) is 30.0 Å². The Hall–Kier alpha value is -1.91. The third-order valence-electron chi connectivity index (χ3n) is 1.82. The molecular weight excluding hydrogens is 170 g/mol. The van der Waals surface area contributed by atoms with E-state index in [9.17, 15) is 4.79 Å². The molecule has 0 saturated carbocycles. The second-order valence-corrected chi connectivity index (χ2v) is 2.67. The van der Waals surface area contributed by atoms with Gasteiger partial charge in [-0.15, -0.1) is 0 Å². The maximum atomic E-state index is 10.7. The average molecular weight is 177 g/mol. The van der Waals surface area contributed by atoms with Gasteiger partial charge in [0.15, 0.2) is 11.3 Å². The third kappa shape index (κ3) is 1.05. The van der Waals surface area contributed by atoms with E-state index < -0.39 is 5.97 Å². The van der Waals surface area contributed by atoms with Crippen molar-refractivity contribution in [2.45, 2.75) is 6.92 Å². The highest BCUT2D eigenvalue weighted by molar-refractivity contribution is 5.91. The van der Waals surface area contributed by atoms with Crippen LogP contribution < -0.4 is 0 Å². The van der Waals surface area contributed by atoms with Crippen molar-refractivity contribution in [2.24, 2.45) is 0 Å². The number of carbonyl (C=O) groups is 1. The molecule has 0 saturated heterocycles. The summed E-state index contributed by atoms with van der Waals surface area (Å²) < 4.78 is 1.69. The Labute approximate surface area is 73.7 Å². The molecule has 0 amide bonds. The Bertz CT molecular complexity index is 475. The maximum Gasteiger partial charge on any atom is 0.358 e. The summed E-state index contributed by atoms with van der Waals surface area (Å²) in [7, 11) is 0. The first kappa shape index (κ1) is 7.72. The van der Waals surface area contributed by atoms with Gasteiger partial charge in [0.1, 0.15) is 0 Å². The van der Waals surface area contributed by atoms with Gasteiger partial charge < -0.3 is 9.51 Å². The van der Waals surface area contributed by atoms with E-state index in [1.807, 2.05) is 6.92 Å². The fourth-order valence-corrected chi connectivity index (χ4v) is 1.19. The molecule has 0 aromatic carbocycles. The van der Waals surface area contributed by atoms with Gasteiger partial charge in [0.05, 0.1) is 0 Å². The molecular formula is C8H7N3O2. The number of hydrogen-bond acceptors (Lipinski definition) is 3. The minimum absolute atomic E-state index is 0.0180. The van der Waals surface area contributed by atoms with Crippen LogP contribution in [0.3, 0.4) is 0 Å². The van der Waals surface area contributed by atoms with Crippen LogP contribution in [0.15, 0.2) is 18.6 Å². The minimum atomic E-state index is -1.06. The summed E-state index contributed by atoms with van der Waals surface area (Å²) in [6.45, 7) is 1.84. The zero-order valence-electron chi connectivity index (χ0n) is 6.93. The Kier molecular flexibility index (Phi) is 1.51. The molecule has 13 heavy (non-hydrogen) atoms. The predicted octanol–water partition coefficient (Wildman–Crippen LogP) is 0.736. The topological polar surface area (TPSA) is 67.5 Å². The molecule has 2 heterocycles. The molecule has 0 fully saturated rings. The Morgan fingerprint density at radius 1 is 1.54 bits per heavy atom. The molecule has 2 aromatic rings. The molecule has 0 atom stereocenters. The third-order valence-corrected chi connectivity index (χ3v) is 1.82. The maximum absolute atomic E-state index is 10.7. The van der Waals surface area contributed by atoms with Gasteiger partial charge in [-0.2, -0.15) is 0 Å². The predicted molar refractivity (Wildman–Crippen MR) is 44.7 cm³/mol. The lowest BCUT2D eigenvalue weighted by molar-refractivity contribution is 0.0692. The van der Waals surface area contributed by atoms with E-state index in [-0.39, 0.29) is 5.69 Å². The first-order chi connectivity index (χ1) is 6.20. The molecule has 0 aliphatic heterocycles. The standard InChI is InChI=1S/C8H7N3O2/c1-5-4-10-6(8(12)13)7-9-2-3-11(5)7/h2-4H,1H3,(H,12,13). The lowest BCUT2D eigenvalue weighted by Gasteiger charge is -2.00. The number of aromatic nitrogens is 3. The molecule has 5 heteroatoms. The lowest BCUT2D eigenvalue weighted by atomic mass is 10.4. The molecule has 0 unspecified atom stereocenters. The summed E-state index contributed by atoms with van der Waals surface area (Å²) in [4.78, 5) is 18.4. The molecule has 5 nitrogen and oxygen atoms in total. The molecule has 66 valence electrons. The summed E-state index contributed by atoms with van der Waals surface area (Å²) in [6.07, 6.45) is 4.77. The van der Waals surface area contributed by atoms with Crippen LogP contribution in [-0.4, -0.2) is 25.4 Å². The number of aromatic carboxylic acids is 1. The number of imidazole rings is 1. The van der Waals surface area contributed by atoms with Gasteiger partial charge in [-0.3, -0.25) is 0 Å².